The van der Waals surface area contributed by atoms with E-state index in [1.165, 1.54) is 13.2 Å². The Morgan fingerprint density at radius 2 is 2.26 bits per heavy atom. The molecule has 0 saturated carbocycles. The van der Waals surface area contributed by atoms with E-state index < -0.39 is 0 Å². The van der Waals surface area contributed by atoms with Crippen molar-refractivity contribution < 1.29 is 9.13 Å². The molecule has 1 rings (SSSR count). The molecule has 0 unspecified atom stereocenters. The van der Waals surface area contributed by atoms with Crippen molar-refractivity contribution in [3.05, 3.63) is 67.0 Å². The molecule has 0 aromatic carbocycles. The van der Waals surface area contributed by atoms with E-state index in [2.05, 4.69) is 23.5 Å². The third kappa shape index (κ3) is 3.81. The van der Waals surface area contributed by atoms with Crippen molar-refractivity contribution in [2.75, 3.05) is 14.2 Å². The van der Waals surface area contributed by atoms with E-state index in [0.29, 0.717) is 34.6 Å². The summed E-state index contributed by atoms with van der Waals surface area (Å²) in [6.07, 6.45) is 5.20. The predicted octanol–water partition coefficient (Wildman–Crippen LogP) is 3.30. The number of ether oxygens (including phenoxy) is 1. The van der Waals surface area contributed by atoms with E-state index in [1.54, 1.807) is 31.5 Å². The molecule has 0 spiro atoms. The molecule has 0 radical (unpaired) electrons. The number of hydrogen-bond acceptors (Lipinski definition) is 3. The second-order valence-electron chi connectivity index (χ2n) is 3.68. The van der Waals surface area contributed by atoms with Crippen LogP contribution in [0.5, 0.6) is 0 Å². The van der Waals surface area contributed by atoms with Gasteiger partial charge in [0.15, 0.2) is 0 Å². The van der Waals surface area contributed by atoms with Crippen LogP contribution in [0.4, 0.5) is 4.39 Å². The molecule has 0 saturated heterocycles. The van der Waals surface area contributed by atoms with E-state index in [4.69, 9.17) is 4.74 Å². The summed E-state index contributed by atoms with van der Waals surface area (Å²) in [6, 6.07) is 3.46. The Morgan fingerprint density at radius 3 is 2.79 bits per heavy atom. The third-order valence-electron chi connectivity index (χ3n) is 2.56. The zero-order chi connectivity index (χ0) is 14.3. The Morgan fingerprint density at radius 1 is 1.53 bits per heavy atom. The smallest absolute Gasteiger partial charge is 0.118 e. The number of aromatic nitrogens is 1. The number of hydrogen-bond donors (Lipinski definition) is 1. The van der Waals surface area contributed by atoms with Gasteiger partial charge in [0, 0.05) is 18.8 Å². The molecule has 4 heteroatoms. The van der Waals surface area contributed by atoms with Crippen LogP contribution in [-0.4, -0.2) is 19.1 Å². The van der Waals surface area contributed by atoms with Crippen LogP contribution in [0.25, 0.3) is 11.3 Å². The van der Waals surface area contributed by atoms with Crippen LogP contribution >= 0.6 is 0 Å². The van der Waals surface area contributed by atoms with Gasteiger partial charge in [-0.25, -0.2) is 4.39 Å². The maximum absolute atomic E-state index is 13.0. The summed E-state index contributed by atoms with van der Waals surface area (Å²) < 4.78 is 18.1. The highest BCUT2D eigenvalue weighted by molar-refractivity contribution is 5.75. The van der Waals surface area contributed by atoms with Crippen LogP contribution in [-0.2, 0) is 4.74 Å². The lowest BCUT2D eigenvalue weighted by atomic mass is 10.1. The number of pyridine rings is 1. The van der Waals surface area contributed by atoms with E-state index in [-0.39, 0.29) is 0 Å². The number of nitrogens with one attached hydrogen (secondary N) is 1. The van der Waals surface area contributed by atoms with Crippen LogP contribution < -0.4 is 5.32 Å². The summed E-state index contributed by atoms with van der Waals surface area (Å²) in [6.45, 7) is 7.41. The predicted molar refractivity (Wildman–Crippen MR) is 76.7 cm³/mol. The minimum absolute atomic E-state index is 0.379. The van der Waals surface area contributed by atoms with Crippen LogP contribution in [0.2, 0.25) is 0 Å². The highest BCUT2D eigenvalue weighted by Crippen LogP contribution is 2.20. The second kappa shape index (κ2) is 7.16. The average Bonchev–Trinajstić information content (AvgIpc) is 2.48. The maximum atomic E-state index is 13.0. The highest BCUT2D eigenvalue weighted by atomic mass is 19.1. The molecule has 0 bridgehead atoms. The van der Waals surface area contributed by atoms with Crippen molar-refractivity contribution in [3.8, 4) is 0 Å². The first-order valence-corrected chi connectivity index (χ1v) is 5.68. The number of halogens is 1. The fourth-order valence-corrected chi connectivity index (χ4v) is 1.44. The molecule has 19 heavy (non-hydrogen) atoms. The largest absolute Gasteiger partial charge is 0.497 e. The van der Waals surface area contributed by atoms with Gasteiger partial charge in [-0.1, -0.05) is 13.2 Å². The van der Waals surface area contributed by atoms with E-state index in [9.17, 15) is 4.39 Å². The lowest BCUT2D eigenvalue weighted by molar-refractivity contribution is 0.307. The van der Waals surface area contributed by atoms with Gasteiger partial charge in [0.25, 0.3) is 0 Å². The van der Waals surface area contributed by atoms with Crippen LogP contribution in [0.15, 0.2) is 55.7 Å². The van der Waals surface area contributed by atoms with Gasteiger partial charge in [-0.15, -0.1) is 0 Å². The van der Waals surface area contributed by atoms with Crippen molar-refractivity contribution in [2.24, 2.45) is 0 Å². The molecule has 100 valence electrons. The number of rotatable bonds is 6. The highest BCUT2D eigenvalue weighted by Gasteiger charge is 2.05. The first kappa shape index (κ1) is 14.7. The summed E-state index contributed by atoms with van der Waals surface area (Å²) in [5, 5.41) is 2.90. The zero-order valence-corrected chi connectivity index (χ0v) is 11.1. The van der Waals surface area contributed by atoms with E-state index >= 15 is 0 Å². The minimum atomic E-state index is 0.379. The molecule has 0 atom stereocenters. The first-order valence-electron chi connectivity index (χ1n) is 5.68. The van der Waals surface area contributed by atoms with Crippen LogP contribution in [0.1, 0.15) is 11.3 Å². The molecule has 1 heterocycles. The van der Waals surface area contributed by atoms with Crippen LogP contribution in [0.3, 0.4) is 0 Å². The Labute approximate surface area is 112 Å². The standard InChI is InChI=1S/C15H17FN2O/c1-5-14(19-4)8-13(10-16)12-6-7-18-15(9-12)11(2)17-3/h5-10,17H,1-2H2,3-4H3/b13-10+,14-8+. The van der Waals surface area contributed by atoms with Gasteiger partial charge in [0.2, 0.25) is 0 Å². The molecule has 1 aromatic rings. The first-order chi connectivity index (χ1) is 9.15. The van der Waals surface area contributed by atoms with Crippen LogP contribution in [0, 0.1) is 0 Å². The molecular weight excluding hydrogens is 243 g/mol. The molecular formula is C15H17FN2O. The summed E-state index contributed by atoms with van der Waals surface area (Å²) >= 11 is 0. The topological polar surface area (TPSA) is 34.2 Å². The summed E-state index contributed by atoms with van der Waals surface area (Å²) in [7, 11) is 3.26. The van der Waals surface area contributed by atoms with E-state index in [1.807, 2.05) is 0 Å². The molecule has 1 aromatic heterocycles. The van der Waals surface area contributed by atoms with Gasteiger partial charge >= 0.3 is 0 Å². The lowest BCUT2D eigenvalue weighted by Crippen LogP contribution is -2.04. The van der Waals surface area contributed by atoms with Gasteiger partial charge in [-0.2, -0.15) is 0 Å². The van der Waals surface area contributed by atoms with Gasteiger partial charge < -0.3 is 10.1 Å². The Bertz CT molecular complexity index is 533. The average molecular weight is 260 g/mol. The van der Waals surface area contributed by atoms with Crippen molar-refractivity contribution >= 4 is 11.3 Å². The van der Waals surface area contributed by atoms with Gasteiger partial charge in [0.05, 0.1) is 24.8 Å². The van der Waals surface area contributed by atoms with Gasteiger partial charge in [-0.05, 0) is 29.8 Å². The second-order valence-corrected chi connectivity index (χ2v) is 3.68. The molecule has 0 aliphatic carbocycles. The normalized spacial score (nSPS) is 11.9. The monoisotopic (exact) mass is 260 g/mol. The Balaban J connectivity index is 3.17. The SMILES string of the molecule is C=C/C(=C\C(=C/F)c1ccnc(C(=C)NC)c1)OC. The third-order valence-corrected chi connectivity index (χ3v) is 2.56. The minimum Gasteiger partial charge on any atom is -0.497 e. The summed E-state index contributed by atoms with van der Waals surface area (Å²) in [5.74, 6) is 0.481. The number of allylic oxidation sites excluding steroid dienone is 3. The van der Waals surface area contributed by atoms with Crippen molar-refractivity contribution in [1.29, 1.82) is 0 Å². The van der Waals surface area contributed by atoms with Gasteiger partial charge in [0.1, 0.15) is 5.76 Å². The fourth-order valence-electron chi connectivity index (χ4n) is 1.44. The van der Waals surface area contributed by atoms with Crippen molar-refractivity contribution in [1.82, 2.24) is 10.3 Å². The molecule has 3 nitrogen and oxygen atoms in total. The lowest BCUT2D eigenvalue weighted by Gasteiger charge is -2.07. The molecule has 0 fully saturated rings. The summed E-state index contributed by atoms with van der Waals surface area (Å²) in [5.41, 5.74) is 2.38. The molecule has 0 aliphatic heterocycles. The quantitative estimate of drug-likeness (QED) is 0.629. The Kier molecular flexibility index (Phi) is 5.54. The zero-order valence-electron chi connectivity index (χ0n) is 11.1. The summed E-state index contributed by atoms with van der Waals surface area (Å²) in [4.78, 5) is 4.16. The van der Waals surface area contributed by atoms with Gasteiger partial charge in [-0.3, -0.25) is 4.98 Å². The number of methoxy groups -OCH3 is 1. The maximum Gasteiger partial charge on any atom is 0.118 e. The van der Waals surface area contributed by atoms with Crippen molar-refractivity contribution in [2.45, 2.75) is 0 Å². The fraction of sp³-hybridized carbons (Fsp3) is 0.133. The van der Waals surface area contributed by atoms with Crippen molar-refractivity contribution in [3.63, 3.8) is 0 Å². The Hall–Kier alpha value is -2.36. The molecule has 0 amide bonds. The van der Waals surface area contributed by atoms with E-state index in [0.717, 1.165) is 0 Å². The molecule has 0 aliphatic rings. The number of nitrogens with zero attached hydrogens (tertiary/aromatic N) is 1. The molecule has 1 N–H and O–H groups in total.